The Morgan fingerprint density at radius 2 is 1.78 bits per heavy atom. The van der Waals surface area contributed by atoms with Crippen molar-refractivity contribution in [1.82, 2.24) is 4.57 Å². The largest absolute Gasteiger partial charge is 0.483 e. The van der Waals surface area contributed by atoms with E-state index in [-0.39, 0.29) is 11.7 Å². The highest BCUT2D eigenvalue weighted by molar-refractivity contribution is 5.69. The van der Waals surface area contributed by atoms with Crippen LogP contribution in [0.2, 0.25) is 0 Å². The van der Waals surface area contributed by atoms with Gasteiger partial charge in [0.2, 0.25) is 17.6 Å². The van der Waals surface area contributed by atoms with Gasteiger partial charge in [0, 0.05) is 25.1 Å². The van der Waals surface area contributed by atoms with E-state index in [1.807, 2.05) is 65.2 Å². The van der Waals surface area contributed by atoms with Gasteiger partial charge in [-0.3, -0.25) is 4.79 Å². The van der Waals surface area contributed by atoms with Crippen LogP contribution in [0.3, 0.4) is 0 Å². The molecule has 0 aliphatic carbocycles. The molecule has 0 bridgehead atoms. The minimum atomic E-state index is -0.370. The van der Waals surface area contributed by atoms with Gasteiger partial charge in [-0.05, 0) is 25.3 Å². The number of ether oxygens (including phenoxy) is 3. The molecule has 2 N–H and O–H groups in total. The quantitative estimate of drug-likeness (QED) is 0.573. The minimum absolute atomic E-state index is 0.182. The van der Waals surface area contributed by atoms with Crippen LogP contribution in [-0.4, -0.2) is 24.0 Å². The molecule has 0 amide bonds. The average Bonchev–Trinajstić information content (AvgIpc) is 2.84. The average molecular weight is 435 g/mol. The van der Waals surface area contributed by atoms with E-state index >= 15 is 0 Å². The number of nitrogens with two attached hydrogens (primary N) is 1. The topological polar surface area (TPSA) is 75.7 Å². The fraction of sp³-hybridized carbons (Fsp3) is 0.346. The summed E-state index contributed by atoms with van der Waals surface area (Å²) in [4.78, 5) is 13.5. The molecule has 1 aromatic heterocycles. The second-order valence-electron chi connectivity index (χ2n) is 7.93. The highest BCUT2D eigenvalue weighted by Crippen LogP contribution is 2.34. The number of pyridine rings is 1. The van der Waals surface area contributed by atoms with Gasteiger partial charge in [0.1, 0.15) is 6.61 Å². The van der Waals surface area contributed by atoms with Crippen LogP contribution in [0.25, 0.3) is 11.3 Å². The molecule has 4 rings (SSSR count). The molecule has 2 aromatic carbocycles. The van der Waals surface area contributed by atoms with Gasteiger partial charge >= 0.3 is 0 Å². The molecular formula is C26H30N2O4. The summed E-state index contributed by atoms with van der Waals surface area (Å²) >= 11 is 0. The van der Waals surface area contributed by atoms with Crippen LogP contribution in [0.1, 0.15) is 30.4 Å². The molecular weight excluding hydrogens is 404 g/mol. The maximum absolute atomic E-state index is 13.5. The Balaban J connectivity index is 1.83. The SMILES string of the molecule is Cc1c(OC2CCCCO2)n(CCN)c(-c2ccccc2)c(OCc2ccccc2)c1=O. The molecule has 6 heteroatoms. The van der Waals surface area contributed by atoms with Gasteiger partial charge in [-0.15, -0.1) is 0 Å². The molecule has 3 aromatic rings. The molecule has 0 radical (unpaired) electrons. The summed E-state index contributed by atoms with van der Waals surface area (Å²) < 4.78 is 20.2. The monoisotopic (exact) mass is 434 g/mol. The Morgan fingerprint density at radius 1 is 1.06 bits per heavy atom. The molecule has 0 saturated carbocycles. The molecule has 2 heterocycles. The zero-order chi connectivity index (χ0) is 22.3. The van der Waals surface area contributed by atoms with Crippen molar-refractivity contribution in [2.45, 2.75) is 45.6 Å². The van der Waals surface area contributed by atoms with Crippen LogP contribution >= 0.6 is 0 Å². The number of benzene rings is 2. The van der Waals surface area contributed by atoms with Gasteiger partial charge < -0.3 is 24.5 Å². The minimum Gasteiger partial charge on any atom is -0.483 e. The highest BCUT2D eigenvalue weighted by atomic mass is 16.7. The van der Waals surface area contributed by atoms with E-state index in [1.54, 1.807) is 6.92 Å². The Kier molecular flexibility index (Phi) is 7.24. The van der Waals surface area contributed by atoms with E-state index in [4.69, 9.17) is 19.9 Å². The first-order chi connectivity index (χ1) is 15.7. The van der Waals surface area contributed by atoms with E-state index < -0.39 is 0 Å². The van der Waals surface area contributed by atoms with Crippen molar-refractivity contribution in [2.75, 3.05) is 13.2 Å². The van der Waals surface area contributed by atoms with Gasteiger partial charge in [0.25, 0.3) is 0 Å². The fourth-order valence-electron chi connectivity index (χ4n) is 3.97. The van der Waals surface area contributed by atoms with Crippen LogP contribution in [0.4, 0.5) is 0 Å². The van der Waals surface area contributed by atoms with Crippen molar-refractivity contribution in [3.8, 4) is 22.9 Å². The van der Waals surface area contributed by atoms with Gasteiger partial charge in [-0.25, -0.2) is 0 Å². The third-order valence-corrected chi connectivity index (χ3v) is 5.60. The zero-order valence-electron chi connectivity index (χ0n) is 18.5. The first kappa shape index (κ1) is 22.1. The van der Waals surface area contributed by atoms with Crippen LogP contribution in [0.15, 0.2) is 65.5 Å². The summed E-state index contributed by atoms with van der Waals surface area (Å²) in [7, 11) is 0. The van der Waals surface area contributed by atoms with Crippen molar-refractivity contribution < 1.29 is 14.2 Å². The Bertz CT molecular complexity index is 1070. The number of hydrogen-bond acceptors (Lipinski definition) is 5. The molecule has 168 valence electrons. The second-order valence-corrected chi connectivity index (χ2v) is 7.93. The fourth-order valence-corrected chi connectivity index (χ4v) is 3.97. The lowest BCUT2D eigenvalue weighted by atomic mass is 10.1. The van der Waals surface area contributed by atoms with E-state index in [0.29, 0.717) is 49.2 Å². The molecule has 1 unspecified atom stereocenters. The van der Waals surface area contributed by atoms with Crippen molar-refractivity contribution in [3.63, 3.8) is 0 Å². The Morgan fingerprint density at radius 3 is 2.44 bits per heavy atom. The molecule has 1 aliphatic rings. The van der Waals surface area contributed by atoms with Gasteiger partial charge in [-0.2, -0.15) is 0 Å². The van der Waals surface area contributed by atoms with Crippen molar-refractivity contribution in [2.24, 2.45) is 5.73 Å². The lowest BCUT2D eigenvalue weighted by Crippen LogP contribution is -2.30. The number of rotatable bonds is 8. The second kappa shape index (κ2) is 10.5. The summed E-state index contributed by atoms with van der Waals surface area (Å²) in [6.07, 6.45) is 2.49. The molecule has 1 atom stereocenters. The van der Waals surface area contributed by atoms with E-state index in [2.05, 4.69) is 0 Å². The standard InChI is InChI=1S/C26H30N2O4/c1-19-24(29)25(31-18-20-10-4-2-5-11-20)23(21-12-6-3-7-13-21)28(16-15-27)26(19)32-22-14-8-9-17-30-22/h2-7,10-13,22H,8-9,14-18,27H2,1H3. The van der Waals surface area contributed by atoms with Crippen molar-refractivity contribution >= 4 is 0 Å². The number of aromatic nitrogens is 1. The third-order valence-electron chi connectivity index (χ3n) is 5.60. The van der Waals surface area contributed by atoms with Crippen molar-refractivity contribution in [1.29, 1.82) is 0 Å². The Labute approximate surface area is 188 Å². The smallest absolute Gasteiger partial charge is 0.230 e. The summed E-state index contributed by atoms with van der Waals surface area (Å²) in [6, 6.07) is 19.6. The molecule has 1 aliphatic heterocycles. The van der Waals surface area contributed by atoms with Gasteiger partial charge in [-0.1, -0.05) is 60.7 Å². The Hall–Kier alpha value is -3.09. The summed E-state index contributed by atoms with van der Waals surface area (Å²) in [6.45, 7) is 3.60. The van der Waals surface area contributed by atoms with E-state index in [0.717, 1.165) is 30.4 Å². The molecule has 1 saturated heterocycles. The summed E-state index contributed by atoms with van der Waals surface area (Å²) in [5, 5.41) is 0. The van der Waals surface area contributed by atoms with Crippen LogP contribution in [0.5, 0.6) is 11.6 Å². The molecule has 1 fully saturated rings. The molecule has 6 nitrogen and oxygen atoms in total. The van der Waals surface area contributed by atoms with Crippen LogP contribution < -0.4 is 20.6 Å². The summed E-state index contributed by atoms with van der Waals surface area (Å²) in [5.74, 6) is 0.807. The first-order valence-electron chi connectivity index (χ1n) is 11.2. The van der Waals surface area contributed by atoms with Gasteiger partial charge in [0.05, 0.1) is 17.9 Å². The predicted molar refractivity (Wildman–Crippen MR) is 125 cm³/mol. The number of nitrogens with zero attached hydrogens (tertiary/aromatic N) is 1. The van der Waals surface area contributed by atoms with Gasteiger partial charge in [0.15, 0.2) is 5.75 Å². The third kappa shape index (κ3) is 4.87. The number of hydrogen-bond donors (Lipinski definition) is 1. The maximum Gasteiger partial charge on any atom is 0.230 e. The van der Waals surface area contributed by atoms with E-state index in [1.165, 1.54) is 0 Å². The molecule has 0 spiro atoms. The summed E-state index contributed by atoms with van der Waals surface area (Å²) in [5.41, 5.74) is 8.84. The maximum atomic E-state index is 13.5. The van der Waals surface area contributed by atoms with Crippen LogP contribution in [-0.2, 0) is 17.9 Å². The van der Waals surface area contributed by atoms with E-state index in [9.17, 15) is 4.79 Å². The molecule has 32 heavy (non-hydrogen) atoms. The van der Waals surface area contributed by atoms with Crippen molar-refractivity contribution in [3.05, 3.63) is 82.0 Å². The van der Waals surface area contributed by atoms with Crippen LogP contribution in [0, 0.1) is 6.92 Å². The normalized spacial score (nSPS) is 16.0. The first-order valence-corrected chi connectivity index (χ1v) is 11.2. The zero-order valence-corrected chi connectivity index (χ0v) is 18.5. The lowest BCUT2D eigenvalue weighted by molar-refractivity contribution is -0.109. The lowest BCUT2D eigenvalue weighted by Gasteiger charge is -2.28. The highest BCUT2D eigenvalue weighted by Gasteiger charge is 2.26. The predicted octanol–water partition coefficient (Wildman–Crippen LogP) is 4.27.